The zero-order chi connectivity index (χ0) is 18.9. The Bertz CT molecular complexity index is 756. The highest BCUT2D eigenvalue weighted by Crippen LogP contribution is 2.26. The van der Waals surface area contributed by atoms with Crippen LogP contribution in [0, 0.1) is 0 Å². The summed E-state index contributed by atoms with van der Waals surface area (Å²) >= 11 is 1.06. The van der Waals surface area contributed by atoms with E-state index in [2.05, 4.69) is 23.5 Å². The number of unbranched alkanes of at least 4 members (excludes halogenated alkanes) is 5. The van der Waals surface area contributed by atoms with Gasteiger partial charge in [0.2, 0.25) is 5.88 Å². The molecule has 0 spiro atoms. The van der Waals surface area contributed by atoms with Crippen LogP contribution in [0.2, 0.25) is 0 Å². The maximum atomic E-state index is 11.5. The molecule has 2 N–H and O–H groups in total. The first-order chi connectivity index (χ1) is 13.2. The molecule has 6 heteroatoms. The van der Waals surface area contributed by atoms with Crippen molar-refractivity contribution in [1.82, 2.24) is 9.88 Å². The van der Waals surface area contributed by atoms with Crippen molar-refractivity contribution in [2.45, 2.75) is 64.0 Å². The minimum atomic E-state index is -0.0657. The third kappa shape index (κ3) is 6.11. The van der Waals surface area contributed by atoms with Gasteiger partial charge >= 0.3 is 4.87 Å². The number of aromatic hydroxyl groups is 1. The van der Waals surface area contributed by atoms with Crippen molar-refractivity contribution in [1.29, 1.82) is 0 Å². The largest absolute Gasteiger partial charge is 0.494 e. The molecule has 0 fully saturated rings. The average Bonchev–Trinajstić information content (AvgIpc) is 3.01. The fourth-order valence-electron chi connectivity index (χ4n) is 3.54. The number of ether oxygens (including phenoxy) is 1. The van der Waals surface area contributed by atoms with E-state index in [-0.39, 0.29) is 16.9 Å². The van der Waals surface area contributed by atoms with Gasteiger partial charge < -0.3 is 15.2 Å². The fraction of sp³-hybridized carbons (Fsp3) is 0.571. The molecule has 5 nitrogen and oxygen atoms in total. The molecule has 1 unspecified atom stereocenters. The van der Waals surface area contributed by atoms with Crippen LogP contribution in [0.3, 0.4) is 0 Å². The van der Waals surface area contributed by atoms with Crippen molar-refractivity contribution in [2.24, 2.45) is 0 Å². The Hall–Kier alpha value is -1.79. The number of aryl methyl sites for hydroxylation is 1. The van der Waals surface area contributed by atoms with E-state index in [0.717, 1.165) is 55.9 Å². The number of benzene rings is 1. The predicted molar refractivity (Wildman–Crippen MR) is 110 cm³/mol. The Labute approximate surface area is 165 Å². The van der Waals surface area contributed by atoms with Gasteiger partial charge in [0.05, 0.1) is 5.38 Å². The van der Waals surface area contributed by atoms with Crippen LogP contribution in [0.4, 0.5) is 0 Å². The molecule has 0 radical (unpaired) electrons. The Morgan fingerprint density at radius 3 is 2.74 bits per heavy atom. The van der Waals surface area contributed by atoms with Gasteiger partial charge in [-0.25, -0.2) is 0 Å². The Kier molecular flexibility index (Phi) is 7.78. The number of aromatic nitrogens is 1. The summed E-state index contributed by atoms with van der Waals surface area (Å²) in [4.78, 5) is 11.4. The molecule has 27 heavy (non-hydrogen) atoms. The molecule has 0 saturated heterocycles. The van der Waals surface area contributed by atoms with E-state index >= 15 is 0 Å². The molecule has 0 aliphatic carbocycles. The fourth-order valence-corrected chi connectivity index (χ4v) is 4.19. The zero-order valence-electron chi connectivity index (χ0n) is 15.9. The Morgan fingerprint density at radius 1 is 1.15 bits per heavy atom. The summed E-state index contributed by atoms with van der Waals surface area (Å²) in [5.74, 6) is 1.15. The lowest BCUT2D eigenvalue weighted by Gasteiger charge is -2.26. The summed E-state index contributed by atoms with van der Waals surface area (Å²) in [5, 5.41) is 14.6. The van der Waals surface area contributed by atoms with E-state index in [4.69, 9.17) is 4.74 Å². The third-order valence-electron chi connectivity index (χ3n) is 5.12. The van der Waals surface area contributed by atoms with Crippen LogP contribution < -0.4 is 14.9 Å². The number of hydrogen-bond donors (Lipinski definition) is 2. The summed E-state index contributed by atoms with van der Waals surface area (Å²) in [6, 6.07) is 8.33. The maximum Gasteiger partial charge on any atom is 0.309 e. The van der Waals surface area contributed by atoms with E-state index in [1.165, 1.54) is 41.2 Å². The van der Waals surface area contributed by atoms with Crippen molar-refractivity contribution in [2.75, 3.05) is 13.1 Å². The Morgan fingerprint density at radius 2 is 1.93 bits per heavy atom. The van der Waals surface area contributed by atoms with E-state index < -0.39 is 0 Å². The third-order valence-corrected chi connectivity index (χ3v) is 5.87. The molecule has 1 aliphatic heterocycles. The topological polar surface area (TPSA) is 63.5 Å². The van der Waals surface area contributed by atoms with Crippen LogP contribution >= 0.6 is 11.3 Å². The number of hydrogen-bond acceptors (Lipinski definition) is 5. The highest BCUT2D eigenvalue weighted by molar-refractivity contribution is 7.07. The van der Waals surface area contributed by atoms with E-state index in [9.17, 15) is 9.90 Å². The molecular weight excluding hydrogens is 360 g/mol. The van der Waals surface area contributed by atoms with Gasteiger partial charge in [-0.05, 0) is 43.9 Å². The van der Waals surface area contributed by atoms with Gasteiger partial charge in [-0.15, -0.1) is 0 Å². The van der Waals surface area contributed by atoms with E-state index in [1.807, 2.05) is 6.07 Å². The van der Waals surface area contributed by atoms with Crippen LogP contribution in [0.1, 0.15) is 50.5 Å². The lowest BCUT2D eigenvalue weighted by atomic mass is 10.0. The number of fused-ring (bicyclic) bond motifs is 1. The first kappa shape index (κ1) is 20.0. The van der Waals surface area contributed by atoms with Gasteiger partial charge in [0.1, 0.15) is 11.9 Å². The molecule has 1 aliphatic rings. The summed E-state index contributed by atoms with van der Waals surface area (Å²) in [6.45, 7) is 2.59. The van der Waals surface area contributed by atoms with Crippen molar-refractivity contribution in [3.05, 3.63) is 44.9 Å². The molecule has 0 amide bonds. The van der Waals surface area contributed by atoms with Crippen LogP contribution in [0.25, 0.3) is 0 Å². The summed E-state index contributed by atoms with van der Waals surface area (Å²) in [7, 11) is 0. The number of para-hydroxylation sites is 1. The van der Waals surface area contributed by atoms with Gasteiger partial charge in [-0.2, -0.15) is 0 Å². The second kappa shape index (κ2) is 10.5. The van der Waals surface area contributed by atoms with Gasteiger partial charge in [0.15, 0.2) is 0 Å². The second-order valence-corrected chi connectivity index (χ2v) is 8.04. The van der Waals surface area contributed by atoms with Gasteiger partial charge in [0, 0.05) is 13.1 Å². The summed E-state index contributed by atoms with van der Waals surface area (Å²) in [5.41, 5.74) is 1.33. The number of nitrogens with zero attached hydrogens (tertiary/aromatic N) is 1. The maximum absolute atomic E-state index is 11.5. The SMILES string of the molecule is O=c1scc(O)n1CCCCCCCCNCC1CCc2ccccc2O1. The normalized spacial score (nSPS) is 16.1. The van der Waals surface area contributed by atoms with Crippen molar-refractivity contribution >= 4 is 11.3 Å². The van der Waals surface area contributed by atoms with Gasteiger partial charge in [-0.1, -0.05) is 55.2 Å². The monoisotopic (exact) mass is 390 g/mol. The van der Waals surface area contributed by atoms with Crippen LogP contribution in [0.5, 0.6) is 11.6 Å². The van der Waals surface area contributed by atoms with Gasteiger partial charge in [0.25, 0.3) is 0 Å². The summed E-state index contributed by atoms with van der Waals surface area (Å²) in [6.07, 6.45) is 9.36. The van der Waals surface area contributed by atoms with Gasteiger partial charge in [-0.3, -0.25) is 9.36 Å². The van der Waals surface area contributed by atoms with Crippen molar-refractivity contribution in [3.63, 3.8) is 0 Å². The molecule has 2 aromatic rings. The highest BCUT2D eigenvalue weighted by atomic mass is 32.1. The molecule has 1 aromatic heterocycles. The molecule has 1 aromatic carbocycles. The lowest BCUT2D eigenvalue weighted by molar-refractivity contribution is 0.170. The lowest BCUT2D eigenvalue weighted by Crippen LogP contribution is -2.34. The smallest absolute Gasteiger partial charge is 0.309 e. The van der Waals surface area contributed by atoms with E-state index in [0.29, 0.717) is 6.54 Å². The average molecular weight is 391 g/mol. The number of thiazole rings is 1. The standard InChI is InChI=1S/C21H30N2O3S/c24-20-16-27-21(25)23(20)14-8-4-2-1-3-7-13-22-15-18-12-11-17-9-5-6-10-19(17)26-18/h5-6,9-10,16,18,22,24H,1-4,7-8,11-15H2. The Balaban J connectivity index is 1.17. The first-order valence-electron chi connectivity index (χ1n) is 10.1. The quantitative estimate of drug-likeness (QED) is 0.571. The molecule has 1 atom stereocenters. The van der Waals surface area contributed by atoms with Crippen molar-refractivity contribution in [3.8, 4) is 11.6 Å². The molecular formula is C21H30N2O3S. The number of nitrogens with one attached hydrogen (secondary N) is 1. The minimum Gasteiger partial charge on any atom is -0.494 e. The molecule has 0 bridgehead atoms. The van der Waals surface area contributed by atoms with Crippen molar-refractivity contribution < 1.29 is 9.84 Å². The molecule has 148 valence electrons. The predicted octanol–water partition coefficient (Wildman–Crippen LogP) is 3.94. The zero-order valence-corrected chi connectivity index (χ0v) is 16.7. The molecule has 0 saturated carbocycles. The second-order valence-electron chi connectivity index (χ2n) is 7.22. The summed E-state index contributed by atoms with van der Waals surface area (Å²) < 4.78 is 7.51. The molecule has 2 heterocycles. The number of rotatable bonds is 11. The molecule has 3 rings (SSSR count). The first-order valence-corrected chi connectivity index (χ1v) is 10.9. The highest BCUT2D eigenvalue weighted by Gasteiger charge is 2.18. The van der Waals surface area contributed by atoms with E-state index in [1.54, 1.807) is 0 Å². The van der Waals surface area contributed by atoms with Crippen LogP contribution in [0.15, 0.2) is 34.4 Å². The van der Waals surface area contributed by atoms with Crippen LogP contribution in [-0.2, 0) is 13.0 Å². The minimum absolute atomic E-state index is 0.0657. The van der Waals surface area contributed by atoms with Crippen LogP contribution in [-0.4, -0.2) is 28.9 Å².